The van der Waals surface area contributed by atoms with E-state index in [2.05, 4.69) is 31.4 Å². The third-order valence-corrected chi connectivity index (χ3v) is 4.84. The lowest BCUT2D eigenvalue weighted by molar-refractivity contribution is -0.118. The standard InChI is InChI=1S/C25H25ClN2O3/c1-25(2,3)18-7-13-22(14-8-18)31-16-23(29)27-20-9-11-21(12-10-20)28-24(30)17-5-4-6-19(26)15-17/h4-15H,16H2,1-3H3,(H,27,29)(H,28,30). The number of rotatable bonds is 6. The van der Waals surface area contributed by atoms with E-state index in [9.17, 15) is 9.59 Å². The van der Waals surface area contributed by atoms with E-state index in [-0.39, 0.29) is 23.8 Å². The van der Waals surface area contributed by atoms with Gasteiger partial charge in [0.25, 0.3) is 11.8 Å². The number of benzene rings is 3. The van der Waals surface area contributed by atoms with E-state index < -0.39 is 0 Å². The number of halogens is 1. The molecule has 0 heterocycles. The van der Waals surface area contributed by atoms with Crippen LogP contribution in [0, 0.1) is 0 Å². The van der Waals surface area contributed by atoms with Gasteiger partial charge in [-0.1, -0.05) is 50.6 Å². The molecule has 0 saturated carbocycles. The fourth-order valence-electron chi connectivity index (χ4n) is 2.87. The fraction of sp³-hybridized carbons (Fsp3) is 0.200. The first-order valence-corrected chi connectivity index (χ1v) is 10.3. The first kappa shape index (κ1) is 22.4. The first-order valence-electron chi connectivity index (χ1n) is 9.91. The van der Waals surface area contributed by atoms with Gasteiger partial charge < -0.3 is 15.4 Å². The van der Waals surface area contributed by atoms with Crippen LogP contribution in [0.2, 0.25) is 5.02 Å². The molecular weight excluding hydrogens is 412 g/mol. The fourth-order valence-corrected chi connectivity index (χ4v) is 3.06. The van der Waals surface area contributed by atoms with Crippen molar-refractivity contribution in [1.82, 2.24) is 0 Å². The molecule has 3 aromatic rings. The molecule has 0 atom stereocenters. The molecule has 0 saturated heterocycles. The molecule has 0 aliphatic carbocycles. The third kappa shape index (κ3) is 6.59. The van der Waals surface area contributed by atoms with Crippen molar-refractivity contribution in [2.24, 2.45) is 0 Å². The molecule has 0 unspecified atom stereocenters. The Morgan fingerprint density at radius 2 is 1.48 bits per heavy atom. The van der Waals surface area contributed by atoms with Gasteiger partial charge in [-0.3, -0.25) is 9.59 Å². The largest absolute Gasteiger partial charge is 0.484 e. The lowest BCUT2D eigenvalue weighted by Crippen LogP contribution is -2.20. The Morgan fingerprint density at radius 3 is 2.06 bits per heavy atom. The summed E-state index contributed by atoms with van der Waals surface area (Å²) in [6.45, 7) is 6.33. The van der Waals surface area contributed by atoms with Gasteiger partial charge in [-0.2, -0.15) is 0 Å². The zero-order valence-electron chi connectivity index (χ0n) is 17.7. The minimum absolute atomic E-state index is 0.0652. The molecule has 0 aliphatic heterocycles. The maximum atomic E-state index is 12.3. The zero-order chi connectivity index (χ0) is 22.4. The van der Waals surface area contributed by atoms with Crippen LogP contribution in [0.4, 0.5) is 11.4 Å². The smallest absolute Gasteiger partial charge is 0.262 e. The summed E-state index contributed by atoms with van der Waals surface area (Å²) in [5.41, 5.74) is 2.95. The molecule has 5 nitrogen and oxygen atoms in total. The van der Waals surface area contributed by atoms with Crippen molar-refractivity contribution < 1.29 is 14.3 Å². The summed E-state index contributed by atoms with van der Waals surface area (Å²) < 4.78 is 5.56. The molecule has 31 heavy (non-hydrogen) atoms. The Balaban J connectivity index is 1.50. The maximum Gasteiger partial charge on any atom is 0.262 e. The summed E-state index contributed by atoms with van der Waals surface area (Å²) in [6.07, 6.45) is 0. The van der Waals surface area contributed by atoms with Crippen LogP contribution < -0.4 is 15.4 Å². The number of nitrogens with one attached hydrogen (secondary N) is 2. The monoisotopic (exact) mass is 436 g/mol. The van der Waals surface area contributed by atoms with Crippen molar-refractivity contribution in [3.63, 3.8) is 0 Å². The number of hydrogen-bond acceptors (Lipinski definition) is 3. The van der Waals surface area contributed by atoms with Gasteiger partial charge in [-0.05, 0) is 65.6 Å². The van der Waals surface area contributed by atoms with Gasteiger partial charge in [0, 0.05) is 22.0 Å². The van der Waals surface area contributed by atoms with Crippen LogP contribution in [0.5, 0.6) is 5.75 Å². The highest BCUT2D eigenvalue weighted by molar-refractivity contribution is 6.31. The van der Waals surface area contributed by atoms with Crippen molar-refractivity contribution in [1.29, 1.82) is 0 Å². The summed E-state index contributed by atoms with van der Waals surface area (Å²) in [6, 6.07) is 21.3. The van der Waals surface area contributed by atoms with Gasteiger partial charge >= 0.3 is 0 Å². The summed E-state index contributed by atoms with van der Waals surface area (Å²) in [4.78, 5) is 24.4. The molecule has 0 spiro atoms. The van der Waals surface area contributed by atoms with E-state index in [4.69, 9.17) is 16.3 Å². The predicted octanol–water partition coefficient (Wildman–Crippen LogP) is 5.91. The minimum Gasteiger partial charge on any atom is -0.484 e. The molecule has 3 aromatic carbocycles. The van der Waals surface area contributed by atoms with Gasteiger partial charge in [-0.25, -0.2) is 0 Å². The lowest BCUT2D eigenvalue weighted by Gasteiger charge is -2.19. The quantitative estimate of drug-likeness (QED) is 0.505. The number of carbonyl (C=O) groups is 2. The SMILES string of the molecule is CC(C)(C)c1ccc(OCC(=O)Nc2ccc(NC(=O)c3cccc(Cl)c3)cc2)cc1. The second-order valence-corrected chi connectivity index (χ2v) is 8.59. The molecule has 0 radical (unpaired) electrons. The van der Waals surface area contributed by atoms with Crippen LogP contribution in [-0.2, 0) is 10.2 Å². The van der Waals surface area contributed by atoms with E-state index in [1.165, 1.54) is 5.56 Å². The average molecular weight is 437 g/mol. The number of hydrogen-bond donors (Lipinski definition) is 2. The highest BCUT2D eigenvalue weighted by Gasteiger charge is 2.13. The van der Waals surface area contributed by atoms with Gasteiger partial charge in [-0.15, -0.1) is 0 Å². The predicted molar refractivity (Wildman–Crippen MR) is 125 cm³/mol. The summed E-state index contributed by atoms with van der Waals surface area (Å²) >= 11 is 5.92. The molecule has 2 amide bonds. The highest BCUT2D eigenvalue weighted by Crippen LogP contribution is 2.24. The average Bonchev–Trinajstić information content (AvgIpc) is 2.73. The molecular formula is C25H25ClN2O3. The van der Waals surface area contributed by atoms with Crippen molar-refractivity contribution in [2.75, 3.05) is 17.2 Å². The molecule has 0 aliphatic rings. The van der Waals surface area contributed by atoms with Crippen molar-refractivity contribution in [2.45, 2.75) is 26.2 Å². The van der Waals surface area contributed by atoms with Crippen LogP contribution in [-0.4, -0.2) is 18.4 Å². The normalized spacial score (nSPS) is 11.0. The molecule has 6 heteroatoms. The van der Waals surface area contributed by atoms with Crippen LogP contribution in [0.3, 0.4) is 0 Å². The van der Waals surface area contributed by atoms with E-state index in [1.54, 1.807) is 48.5 Å². The Hall–Kier alpha value is -3.31. The Bertz CT molecular complexity index is 1060. The number of amides is 2. The van der Waals surface area contributed by atoms with Crippen molar-refractivity contribution in [3.8, 4) is 5.75 Å². The van der Waals surface area contributed by atoms with Crippen molar-refractivity contribution >= 4 is 34.8 Å². The lowest BCUT2D eigenvalue weighted by atomic mass is 9.87. The molecule has 3 rings (SSSR count). The number of anilines is 2. The van der Waals surface area contributed by atoms with Crippen LogP contribution in [0.1, 0.15) is 36.7 Å². The van der Waals surface area contributed by atoms with E-state index in [0.717, 1.165) is 0 Å². The van der Waals surface area contributed by atoms with Gasteiger partial charge in [0.05, 0.1) is 0 Å². The van der Waals surface area contributed by atoms with E-state index in [0.29, 0.717) is 27.7 Å². The van der Waals surface area contributed by atoms with Crippen molar-refractivity contribution in [3.05, 3.63) is 88.9 Å². The molecule has 0 aromatic heterocycles. The minimum atomic E-state index is -0.268. The Kier molecular flexibility index (Phi) is 6.98. The molecule has 2 N–H and O–H groups in total. The van der Waals surface area contributed by atoms with Gasteiger partial charge in [0.2, 0.25) is 0 Å². The maximum absolute atomic E-state index is 12.3. The summed E-state index contributed by atoms with van der Waals surface area (Å²) in [5.74, 6) is 0.114. The third-order valence-electron chi connectivity index (χ3n) is 4.60. The number of ether oxygens (including phenoxy) is 1. The second kappa shape index (κ2) is 9.67. The molecule has 160 valence electrons. The van der Waals surface area contributed by atoms with Crippen LogP contribution in [0.15, 0.2) is 72.8 Å². The number of carbonyl (C=O) groups excluding carboxylic acids is 2. The van der Waals surface area contributed by atoms with E-state index >= 15 is 0 Å². The summed E-state index contributed by atoms with van der Waals surface area (Å²) in [5, 5.41) is 6.06. The molecule has 0 fully saturated rings. The summed E-state index contributed by atoms with van der Waals surface area (Å²) in [7, 11) is 0. The van der Waals surface area contributed by atoms with Gasteiger partial charge in [0.1, 0.15) is 5.75 Å². The Morgan fingerprint density at radius 1 is 0.871 bits per heavy atom. The molecule has 0 bridgehead atoms. The topological polar surface area (TPSA) is 67.4 Å². The zero-order valence-corrected chi connectivity index (χ0v) is 18.5. The van der Waals surface area contributed by atoms with Crippen LogP contribution >= 0.6 is 11.6 Å². The van der Waals surface area contributed by atoms with Crippen LogP contribution in [0.25, 0.3) is 0 Å². The first-order chi connectivity index (χ1) is 14.7. The second-order valence-electron chi connectivity index (χ2n) is 8.15. The highest BCUT2D eigenvalue weighted by atomic mass is 35.5. The van der Waals surface area contributed by atoms with E-state index in [1.807, 2.05) is 24.3 Å². The van der Waals surface area contributed by atoms with Gasteiger partial charge in [0.15, 0.2) is 6.61 Å². The Labute approximate surface area is 187 Å².